The molecule has 2 heteroatoms. The standard InChI is InChI=1S/C17H32O2/c1-15-8-6-4-3-5-7-9-16-17(2,11-10-15)12-13-18-14-19-16/h15-16H,3-14H2,1-2H3. The Balaban J connectivity index is 1.99. The van der Waals surface area contributed by atoms with Crippen molar-refractivity contribution in [2.45, 2.75) is 84.2 Å². The first-order valence-electron chi connectivity index (χ1n) is 8.40. The highest BCUT2D eigenvalue weighted by atomic mass is 16.7. The predicted molar refractivity (Wildman–Crippen MR) is 79.1 cm³/mol. The maximum absolute atomic E-state index is 6.03. The van der Waals surface area contributed by atoms with E-state index in [0.717, 1.165) is 12.5 Å². The Hall–Kier alpha value is -0.0800. The van der Waals surface area contributed by atoms with E-state index >= 15 is 0 Å². The van der Waals surface area contributed by atoms with Crippen LogP contribution in [0.1, 0.15) is 78.1 Å². The van der Waals surface area contributed by atoms with Crippen LogP contribution in [0.5, 0.6) is 0 Å². The van der Waals surface area contributed by atoms with Crippen molar-refractivity contribution in [3.8, 4) is 0 Å². The molecule has 0 spiro atoms. The molecule has 0 aromatic rings. The summed E-state index contributed by atoms with van der Waals surface area (Å²) in [5, 5.41) is 0. The van der Waals surface area contributed by atoms with E-state index in [9.17, 15) is 0 Å². The van der Waals surface area contributed by atoms with Crippen molar-refractivity contribution in [3.63, 3.8) is 0 Å². The summed E-state index contributed by atoms with van der Waals surface area (Å²) in [7, 11) is 0. The van der Waals surface area contributed by atoms with Crippen LogP contribution in [-0.4, -0.2) is 19.5 Å². The second kappa shape index (κ2) is 7.64. The minimum absolute atomic E-state index is 0.337. The van der Waals surface area contributed by atoms with Gasteiger partial charge in [0.15, 0.2) is 0 Å². The van der Waals surface area contributed by atoms with Crippen LogP contribution in [0.3, 0.4) is 0 Å². The molecule has 19 heavy (non-hydrogen) atoms. The van der Waals surface area contributed by atoms with E-state index in [1.807, 2.05) is 0 Å². The quantitative estimate of drug-likeness (QED) is 0.621. The summed E-state index contributed by atoms with van der Waals surface area (Å²) in [6, 6.07) is 0. The Kier molecular flexibility index (Phi) is 6.15. The van der Waals surface area contributed by atoms with Gasteiger partial charge in [-0.3, -0.25) is 0 Å². The summed E-state index contributed by atoms with van der Waals surface area (Å²) in [4.78, 5) is 0. The second-order valence-electron chi connectivity index (χ2n) is 7.07. The first kappa shape index (κ1) is 15.3. The lowest BCUT2D eigenvalue weighted by atomic mass is 9.73. The Labute approximate surface area is 119 Å². The van der Waals surface area contributed by atoms with Gasteiger partial charge in [-0.15, -0.1) is 0 Å². The van der Waals surface area contributed by atoms with E-state index in [-0.39, 0.29) is 0 Å². The Bertz CT molecular complexity index is 254. The van der Waals surface area contributed by atoms with Gasteiger partial charge in [-0.1, -0.05) is 58.8 Å². The molecule has 0 N–H and O–H groups in total. The molecule has 1 saturated carbocycles. The van der Waals surface area contributed by atoms with Crippen molar-refractivity contribution in [1.82, 2.24) is 0 Å². The van der Waals surface area contributed by atoms with Gasteiger partial charge in [-0.25, -0.2) is 0 Å². The van der Waals surface area contributed by atoms with Crippen molar-refractivity contribution in [2.75, 3.05) is 13.4 Å². The summed E-state index contributed by atoms with van der Waals surface area (Å²) >= 11 is 0. The van der Waals surface area contributed by atoms with Crippen LogP contribution in [0.4, 0.5) is 0 Å². The molecule has 3 unspecified atom stereocenters. The highest BCUT2D eigenvalue weighted by molar-refractivity contribution is 4.85. The number of rotatable bonds is 0. The maximum Gasteiger partial charge on any atom is 0.147 e. The SMILES string of the molecule is CC1CCCCCCCC2OCOCCC2(C)CC1. The topological polar surface area (TPSA) is 18.5 Å². The molecule has 2 rings (SSSR count). The van der Waals surface area contributed by atoms with Crippen molar-refractivity contribution in [3.05, 3.63) is 0 Å². The van der Waals surface area contributed by atoms with Gasteiger partial charge in [0.1, 0.15) is 6.79 Å². The van der Waals surface area contributed by atoms with Gasteiger partial charge < -0.3 is 9.47 Å². The van der Waals surface area contributed by atoms with Crippen LogP contribution in [0, 0.1) is 11.3 Å². The van der Waals surface area contributed by atoms with Crippen molar-refractivity contribution < 1.29 is 9.47 Å². The first-order chi connectivity index (χ1) is 9.21. The normalized spacial score (nSPS) is 39.5. The van der Waals surface area contributed by atoms with E-state index in [1.54, 1.807) is 0 Å². The lowest BCUT2D eigenvalue weighted by molar-refractivity contribution is -0.0959. The molecule has 112 valence electrons. The van der Waals surface area contributed by atoms with Crippen LogP contribution < -0.4 is 0 Å². The summed E-state index contributed by atoms with van der Waals surface area (Å²) in [6.45, 7) is 6.25. The lowest BCUT2D eigenvalue weighted by Gasteiger charge is -2.36. The van der Waals surface area contributed by atoms with Gasteiger partial charge in [-0.05, 0) is 30.6 Å². The predicted octanol–water partition coefficient (Wildman–Crippen LogP) is 4.92. The van der Waals surface area contributed by atoms with Gasteiger partial charge in [-0.2, -0.15) is 0 Å². The fourth-order valence-corrected chi connectivity index (χ4v) is 3.65. The van der Waals surface area contributed by atoms with Crippen LogP contribution in [0.25, 0.3) is 0 Å². The molecule has 1 saturated heterocycles. The smallest absolute Gasteiger partial charge is 0.147 e. The molecule has 1 aliphatic carbocycles. The zero-order valence-corrected chi connectivity index (χ0v) is 13.0. The number of fused-ring (bicyclic) bond motifs is 1. The van der Waals surface area contributed by atoms with Gasteiger partial charge in [0.2, 0.25) is 0 Å². The summed E-state index contributed by atoms with van der Waals surface area (Å²) in [5.74, 6) is 0.876. The number of ether oxygens (including phenoxy) is 2. The minimum atomic E-state index is 0.337. The largest absolute Gasteiger partial charge is 0.355 e. The third-order valence-corrected chi connectivity index (χ3v) is 5.32. The fourth-order valence-electron chi connectivity index (χ4n) is 3.65. The number of hydrogen-bond donors (Lipinski definition) is 0. The molecule has 0 aromatic carbocycles. The van der Waals surface area contributed by atoms with Crippen LogP contribution in [0.2, 0.25) is 0 Å². The summed E-state index contributed by atoms with van der Waals surface area (Å²) in [6.07, 6.45) is 13.9. The second-order valence-corrected chi connectivity index (χ2v) is 7.07. The molecule has 0 bridgehead atoms. The maximum atomic E-state index is 6.03. The molecule has 2 aliphatic rings. The van der Waals surface area contributed by atoms with Gasteiger partial charge in [0.25, 0.3) is 0 Å². The molecular weight excluding hydrogens is 236 g/mol. The van der Waals surface area contributed by atoms with E-state index in [0.29, 0.717) is 18.3 Å². The highest BCUT2D eigenvalue weighted by Gasteiger charge is 2.36. The average Bonchev–Trinajstić information content (AvgIpc) is 2.57. The van der Waals surface area contributed by atoms with E-state index in [1.165, 1.54) is 64.2 Å². The van der Waals surface area contributed by atoms with Crippen LogP contribution in [0.15, 0.2) is 0 Å². The van der Waals surface area contributed by atoms with Crippen LogP contribution in [-0.2, 0) is 9.47 Å². The van der Waals surface area contributed by atoms with Crippen molar-refractivity contribution in [2.24, 2.45) is 11.3 Å². The molecule has 2 nitrogen and oxygen atoms in total. The monoisotopic (exact) mass is 268 g/mol. The molecule has 3 atom stereocenters. The molecule has 1 heterocycles. The van der Waals surface area contributed by atoms with Crippen LogP contribution >= 0.6 is 0 Å². The third kappa shape index (κ3) is 4.75. The van der Waals surface area contributed by atoms with Crippen molar-refractivity contribution >= 4 is 0 Å². The molecular formula is C17H32O2. The van der Waals surface area contributed by atoms with Crippen molar-refractivity contribution in [1.29, 1.82) is 0 Å². The average molecular weight is 268 g/mol. The van der Waals surface area contributed by atoms with Gasteiger partial charge in [0, 0.05) is 0 Å². The summed E-state index contributed by atoms with van der Waals surface area (Å²) < 4.78 is 11.6. The molecule has 0 amide bonds. The lowest BCUT2D eigenvalue weighted by Crippen LogP contribution is -2.34. The molecule has 1 aliphatic heterocycles. The van der Waals surface area contributed by atoms with E-state index in [4.69, 9.17) is 9.47 Å². The zero-order valence-electron chi connectivity index (χ0n) is 13.0. The molecule has 0 aromatic heterocycles. The number of hydrogen-bond acceptors (Lipinski definition) is 2. The van der Waals surface area contributed by atoms with Gasteiger partial charge in [0.05, 0.1) is 12.7 Å². The van der Waals surface area contributed by atoms with E-state index < -0.39 is 0 Å². The Morgan fingerprint density at radius 1 is 0.895 bits per heavy atom. The Morgan fingerprint density at radius 2 is 1.63 bits per heavy atom. The first-order valence-corrected chi connectivity index (χ1v) is 8.40. The fraction of sp³-hybridized carbons (Fsp3) is 1.00. The highest BCUT2D eigenvalue weighted by Crippen LogP contribution is 2.39. The Morgan fingerprint density at radius 3 is 2.47 bits per heavy atom. The minimum Gasteiger partial charge on any atom is -0.355 e. The zero-order chi connectivity index (χ0) is 13.6. The van der Waals surface area contributed by atoms with Gasteiger partial charge >= 0.3 is 0 Å². The third-order valence-electron chi connectivity index (χ3n) is 5.32. The molecule has 0 radical (unpaired) electrons. The molecule has 2 fully saturated rings. The summed E-state index contributed by atoms with van der Waals surface area (Å²) in [5.41, 5.74) is 0.337. The van der Waals surface area contributed by atoms with E-state index in [2.05, 4.69) is 13.8 Å².